The van der Waals surface area contributed by atoms with Crippen LogP contribution in [0.3, 0.4) is 0 Å². The molecule has 0 aliphatic carbocycles. The summed E-state index contributed by atoms with van der Waals surface area (Å²) in [6.07, 6.45) is -4.78. The molecule has 0 N–H and O–H groups in total. The van der Waals surface area contributed by atoms with Crippen LogP contribution in [-0.4, -0.2) is 75.6 Å². The van der Waals surface area contributed by atoms with Crippen molar-refractivity contribution in [3.05, 3.63) is 48.0 Å². The van der Waals surface area contributed by atoms with Gasteiger partial charge in [0.1, 0.15) is 5.75 Å². The van der Waals surface area contributed by atoms with Crippen LogP contribution in [0.4, 0.5) is 24.0 Å². The third kappa shape index (κ3) is 5.96. The first-order valence-corrected chi connectivity index (χ1v) is 11.6. The van der Waals surface area contributed by atoms with Crippen molar-refractivity contribution in [3.8, 4) is 5.75 Å². The van der Waals surface area contributed by atoms with Gasteiger partial charge in [0.25, 0.3) is 5.91 Å². The molecule has 0 radical (unpaired) electrons. The van der Waals surface area contributed by atoms with E-state index in [2.05, 4.69) is 14.6 Å². The standard InChI is InChI=1S/C23H25F3N4O3S/c1-28(2)17-5-3-16(4-6-17)21(31)30(10-9-29-11-13-32-14-12-29)22-27-19-8-7-18(15-20(19)34-22)33-23(24,25)26/h3-8,15H,9-14H2,1-2H3. The molecule has 0 saturated carbocycles. The lowest BCUT2D eigenvalue weighted by atomic mass is 10.1. The van der Waals surface area contributed by atoms with Gasteiger partial charge in [-0.1, -0.05) is 11.3 Å². The number of fused-ring (bicyclic) bond motifs is 1. The summed E-state index contributed by atoms with van der Waals surface area (Å²) < 4.78 is 47.8. The number of rotatable bonds is 7. The van der Waals surface area contributed by atoms with E-state index in [1.165, 1.54) is 18.2 Å². The third-order valence-corrected chi connectivity index (χ3v) is 6.47. The highest BCUT2D eigenvalue weighted by Gasteiger charge is 2.31. The quantitative estimate of drug-likeness (QED) is 0.490. The second-order valence-corrected chi connectivity index (χ2v) is 9.03. The summed E-state index contributed by atoms with van der Waals surface area (Å²) in [7, 11) is 3.84. The summed E-state index contributed by atoms with van der Waals surface area (Å²) in [6, 6.07) is 11.2. The molecule has 0 unspecified atom stereocenters. The number of alkyl halides is 3. The number of morpholine rings is 1. The van der Waals surface area contributed by atoms with Crippen molar-refractivity contribution in [2.24, 2.45) is 0 Å². The Hall–Kier alpha value is -2.89. The van der Waals surface area contributed by atoms with E-state index in [0.29, 0.717) is 47.2 Å². The first-order valence-electron chi connectivity index (χ1n) is 10.8. The zero-order valence-electron chi connectivity index (χ0n) is 18.8. The molecular formula is C23H25F3N4O3S. The Morgan fingerprint density at radius 3 is 2.50 bits per heavy atom. The average molecular weight is 495 g/mol. The maximum absolute atomic E-state index is 13.5. The Bertz CT molecular complexity index is 1130. The number of benzene rings is 2. The Kier molecular flexibility index (Phi) is 7.24. The van der Waals surface area contributed by atoms with Crippen LogP contribution in [0.2, 0.25) is 0 Å². The van der Waals surface area contributed by atoms with Crippen LogP contribution in [0.5, 0.6) is 5.75 Å². The lowest BCUT2D eigenvalue weighted by Crippen LogP contribution is -2.43. The summed E-state index contributed by atoms with van der Waals surface area (Å²) in [4.78, 5) is 23.8. The van der Waals surface area contributed by atoms with Gasteiger partial charge in [-0.25, -0.2) is 4.98 Å². The molecule has 4 rings (SSSR count). The summed E-state index contributed by atoms with van der Waals surface area (Å²) in [5.74, 6) is -0.537. The van der Waals surface area contributed by atoms with Crippen LogP contribution in [0.15, 0.2) is 42.5 Å². The Labute approximate surface area is 199 Å². The van der Waals surface area contributed by atoms with Gasteiger partial charge in [0, 0.05) is 57.6 Å². The van der Waals surface area contributed by atoms with E-state index >= 15 is 0 Å². The van der Waals surface area contributed by atoms with Crippen LogP contribution in [0.1, 0.15) is 10.4 Å². The molecule has 1 fully saturated rings. The van der Waals surface area contributed by atoms with Crippen molar-refractivity contribution in [2.45, 2.75) is 6.36 Å². The predicted octanol–water partition coefficient (Wildman–Crippen LogP) is 4.24. The maximum atomic E-state index is 13.5. The fraction of sp³-hybridized carbons (Fsp3) is 0.391. The molecule has 11 heteroatoms. The first-order chi connectivity index (χ1) is 16.2. The minimum absolute atomic E-state index is 0.218. The van der Waals surface area contributed by atoms with Crippen molar-refractivity contribution in [3.63, 3.8) is 0 Å². The van der Waals surface area contributed by atoms with Crippen molar-refractivity contribution in [2.75, 3.05) is 63.3 Å². The van der Waals surface area contributed by atoms with E-state index in [1.807, 2.05) is 31.1 Å². The van der Waals surface area contributed by atoms with Crippen LogP contribution < -0.4 is 14.5 Å². The number of thiazole rings is 1. The van der Waals surface area contributed by atoms with Gasteiger partial charge in [-0.3, -0.25) is 14.6 Å². The van der Waals surface area contributed by atoms with Crippen LogP contribution in [0.25, 0.3) is 10.2 Å². The molecule has 2 aromatic carbocycles. The predicted molar refractivity (Wildman–Crippen MR) is 126 cm³/mol. The van der Waals surface area contributed by atoms with Crippen molar-refractivity contribution < 1.29 is 27.4 Å². The molecule has 34 heavy (non-hydrogen) atoms. The van der Waals surface area contributed by atoms with Crippen LogP contribution >= 0.6 is 11.3 Å². The largest absolute Gasteiger partial charge is 0.573 e. The summed E-state index contributed by atoms with van der Waals surface area (Å²) >= 11 is 1.16. The zero-order chi connectivity index (χ0) is 24.3. The van der Waals surface area contributed by atoms with Gasteiger partial charge in [0.05, 0.1) is 23.4 Å². The van der Waals surface area contributed by atoms with Gasteiger partial charge in [0.15, 0.2) is 5.13 Å². The molecule has 1 amide bonds. The zero-order valence-corrected chi connectivity index (χ0v) is 19.7. The topological polar surface area (TPSA) is 58.1 Å². The van der Waals surface area contributed by atoms with Gasteiger partial charge in [-0.05, 0) is 36.4 Å². The number of hydrogen-bond donors (Lipinski definition) is 0. The van der Waals surface area contributed by atoms with Crippen molar-refractivity contribution >= 4 is 38.3 Å². The summed E-state index contributed by atoms with van der Waals surface area (Å²) in [6.45, 7) is 3.85. The number of ether oxygens (including phenoxy) is 2. The lowest BCUT2D eigenvalue weighted by molar-refractivity contribution is -0.274. The Morgan fingerprint density at radius 2 is 1.85 bits per heavy atom. The molecule has 0 spiro atoms. The number of aromatic nitrogens is 1. The highest BCUT2D eigenvalue weighted by molar-refractivity contribution is 7.22. The van der Waals surface area contributed by atoms with E-state index < -0.39 is 6.36 Å². The monoisotopic (exact) mass is 494 g/mol. The molecule has 0 atom stereocenters. The minimum Gasteiger partial charge on any atom is -0.406 e. The van der Waals surface area contributed by atoms with Gasteiger partial charge in [-0.2, -0.15) is 0 Å². The number of carbonyl (C=O) groups is 1. The summed E-state index contributed by atoms with van der Waals surface area (Å²) in [5.41, 5.74) is 1.98. The third-order valence-electron chi connectivity index (χ3n) is 5.43. The molecule has 2 heterocycles. The van der Waals surface area contributed by atoms with E-state index in [1.54, 1.807) is 17.0 Å². The Morgan fingerprint density at radius 1 is 1.15 bits per heavy atom. The number of anilines is 2. The highest BCUT2D eigenvalue weighted by atomic mass is 32.1. The van der Waals surface area contributed by atoms with Crippen LogP contribution in [-0.2, 0) is 4.74 Å². The van der Waals surface area contributed by atoms with E-state index in [4.69, 9.17) is 4.74 Å². The maximum Gasteiger partial charge on any atom is 0.573 e. The molecule has 0 bridgehead atoms. The fourth-order valence-electron chi connectivity index (χ4n) is 3.61. The van der Waals surface area contributed by atoms with Gasteiger partial charge in [-0.15, -0.1) is 13.2 Å². The van der Waals surface area contributed by atoms with Crippen molar-refractivity contribution in [1.82, 2.24) is 9.88 Å². The fourth-order valence-corrected chi connectivity index (χ4v) is 4.63. The SMILES string of the molecule is CN(C)c1ccc(C(=O)N(CCN2CCOCC2)c2nc3ccc(OC(F)(F)F)cc3s2)cc1. The smallest absolute Gasteiger partial charge is 0.406 e. The molecule has 1 aliphatic heterocycles. The molecule has 182 valence electrons. The van der Waals surface area contributed by atoms with E-state index in [0.717, 1.165) is 30.1 Å². The normalized spacial score (nSPS) is 14.9. The molecule has 1 aromatic heterocycles. The molecule has 1 aliphatic rings. The molecular weight excluding hydrogens is 469 g/mol. The van der Waals surface area contributed by atoms with E-state index in [-0.39, 0.29) is 11.7 Å². The van der Waals surface area contributed by atoms with Gasteiger partial charge in [0.2, 0.25) is 0 Å². The highest BCUT2D eigenvalue weighted by Crippen LogP contribution is 2.34. The van der Waals surface area contributed by atoms with Gasteiger partial charge >= 0.3 is 6.36 Å². The Balaban J connectivity index is 1.62. The second kappa shape index (κ2) is 10.2. The lowest BCUT2D eigenvalue weighted by Gasteiger charge is -2.29. The average Bonchev–Trinajstić information content (AvgIpc) is 3.21. The molecule has 3 aromatic rings. The second-order valence-electron chi connectivity index (χ2n) is 8.03. The van der Waals surface area contributed by atoms with Crippen molar-refractivity contribution in [1.29, 1.82) is 0 Å². The number of amides is 1. The van der Waals surface area contributed by atoms with Gasteiger partial charge < -0.3 is 14.4 Å². The number of halogens is 3. The van der Waals surface area contributed by atoms with E-state index in [9.17, 15) is 18.0 Å². The molecule has 7 nitrogen and oxygen atoms in total. The number of nitrogens with zero attached hydrogens (tertiary/aromatic N) is 4. The molecule has 1 saturated heterocycles. The summed E-state index contributed by atoms with van der Waals surface area (Å²) in [5, 5.41) is 0.425. The minimum atomic E-state index is -4.78. The number of hydrogen-bond acceptors (Lipinski definition) is 7. The van der Waals surface area contributed by atoms with Crippen LogP contribution in [0, 0.1) is 0 Å². The number of carbonyl (C=O) groups excluding carboxylic acids is 1. The first kappa shape index (κ1) is 24.2.